The van der Waals surface area contributed by atoms with E-state index in [0.29, 0.717) is 18.7 Å². The zero-order valence-electron chi connectivity index (χ0n) is 10.9. The molecular formula is C12H19FN2O2S. The molecule has 0 saturated carbocycles. The van der Waals surface area contributed by atoms with E-state index in [4.69, 9.17) is 0 Å². The Bertz CT molecular complexity index is 487. The van der Waals surface area contributed by atoms with Crippen molar-refractivity contribution in [2.45, 2.75) is 26.8 Å². The first-order chi connectivity index (χ1) is 8.42. The van der Waals surface area contributed by atoms with Gasteiger partial charge in [0, 0.05) is 24.7 Å². The molecule has 0 unspecified atom stereocenters. The van der Waals surface area contributed by atoms with Crippen LogP contribution < -0.4 is 4.72 Å². The molecule has 0 amide bonds. The van der Waals surface area contributed by atoms with Gasteiger partial charge in [-0.1, -0.05) is 32.0 Å². The summed E-state index contributed by atoms with van der Waals surface area (Å²) in [5.74, 6) is -0.410. The monoisotopic (exact) mass is 274 g/mol. The highest BCUT2D eigenvalue weighted by molar-refractivity contribution is 7.87. The van der Waals surface area contributed by atoms with Gasteiger partial charge in [-0.2, -0.15) is 17.4 Å². The van der Waals surface area contributed by atoms with Crippen LogP contribution in [0.5, 0.6) is 0 Å². The maximum absolute atomic E-state index is 13.5. The molecule has 1 aromatic rings. The maximum Gasteiger partial charge on any atom is 0.279 e. The van der Waals surface area contributed by atoms with Gasteiger partial charge in [0.05, 0.1) is 0 Å². The molecule has 1 N–H and O–H groups in total. The molecule has 0 aliphatic carbocycles. The molecule has 6 heteroatoms. The molecule has 1 aromatic carbocycles. The number of benzene rings is 1. The molecule has 0 saturated heterocycles. The van der Waals surface area contributed by atoms with Crippen LogP contribution in [0.2, 0.25) is 0 Å². The third-order valence-electron chi connectivity index (χ3n) is 2.74. The summed E-state index contributed by atoms with van der Waals surface area (Å²) in [6.45, 7) is 5.91. The highest BCUT2D eigenvalue weighted by Gasteiger charge is 2.22. The molecule has 1 rings (SSSR count). The van der Waals surface area contributed by atoms with E-state index in [-0.39, 0.29) is 0 Å². The zero-order chi connectivity index (χ0) is 13.8. The minimum atomic E-state index is -3.57. The van der Waals surface area contributed by atoms with Crippen LogP contribution in [0.15, 0.2) is 24.3 Å². The normalized spacial score (nSPS) is 13.8. The van der Waals surface area contributed by atoms with Crippen molar-refractivity contribution >= 4 is 10.2 Å². The fraction of sp³-hybridized carbons (Fsp3) is 0.500. The fourth-order valence-corrected chi connectivity index (χ4v) is 3.15. The van der Waals surface area contributed by atoms with Crippen LogP contribution >= 0.6 is 0 Å². The second-order valence-electron chi connectivity index (χ2n) is 3.95. The minimum Gasteiger partial charge on any atom is -0.207 e. The van der Waals surface area contributed by atoms with Gasteiger partial charge in [0.2, 0.25) is 0 Å². The lowest BCUT2D eigenvalue weighted by Gasteiger charge is -2.22. The molecule has 0 radical (unpaired) electrons. The van der Waals surface area contributed by atoms with Gasteiger partial charge in [-0.25, -0.2) is 4.39 Å². The van der Waals surface area contributed by atoms with E-state index < -0.39 is 22.1 Å². The average Bonchev–Trinajstić information content (AvgIpc) is 2.29. The van der Waals surface area contributed by atoms with Crippen molar-refractivity contribution in [1.29, 1.82) is 0 Å². The Morgan fingerprint density at radius 3 is 2.33 bits per heavy atom. The van der Waals surface area contributed by atoms with E-state index in [1.54, 1.807) is 39.0 Å². The standard InChI is InChI=1S/C12H19FN2O2S/c1-4-15(5-2)18(16,17)14-10(3)11-8-6-7-9-12(11)13/h6-10,14H,4-5H2,1-3H3/t10-/m1/s1. The van der Waals surface area contributed by atoms with Crippen molar-refractivity contribution < 1.29 is 12.8 Å². The van der Waals surface area contributed by atoms with Gasteiger partial charge >= 0.3 is 0 Å². The van der Waals surface area contributed by atoms with Crippen molar-refractivity contribution in [3.05, 3.63) is 35.6 Å². The lowest BCUT2D eigenvalue weighted by Crippen LogP contribution is -2.41. The quantitative estimate of drug-likeness (QED) is 0.863. The Balaban J connectivity index is 2.88. The predicted octanol–water partition coefficient (Wildman–Crippen LogP) is 2.06. The maximum atomic E-state index is 13.5. The van der Waals surface area contributed by atoms with E-state index in [0.717, 1.165) is 0 Å². The summed E-state index contributed by atoms with van der Waals surface area (Å²) in [4.78, 5) is 0. The lowest BCUT2D eigenvalue weighted by atomic mass is 10.1. The van der Waals surface area contributed by atoms with Crippen molar-refractivity contribution in [2.75, 3.05) is 13.1 Å². The topological polar surface area (TPSA) is 49.4 Å². The zero-order valence-corrected chi connectivity index (χ0v) is 11.7. The molecule has 0 aliphatic rings. The van der Waals surface area contributed by atoms with Crippen molar-refractivity contribution in [3.8, 4) is 0 Å². The Labute approximate surface area is 108 Å². The molecule has 0 heterocycles. The van der Waals surface area contributed by atoms with Crippen LogP contribution in [0.4, 0.5) is 4.39 Å². The summed E-state index contributed by atoms with van der Waals surface area (Å²) < 4.78 is 41.3. The number of halogens is 1. The molecule has 0 aromatic heterocycles. The van der Waals surface area contributed by atoms with E-state index in [1.165, 1.54) is 10.4 Å². The highest BCUT2D eigenvalue weighted by Crippen LogP contribution is 2.17. The molecule has 0 spiro atoms. The number of nitrogens with zero attached hydrogens (tertiary/aromatic N) is 1. The molecule has 102 valence electrons. The minimum absolute atomic E-state index is 0.341. The molecular weight excluding hydrogens is 255 g/mol. The summed E-state index contributed by atoms with van der Waals surface area (Å²) in [7, 11) is -3.57. The Morgan fingerprint density at radius 2 is 1.83 bits per heavy atom. The molecule has 0 aliphatic heterocycles. The number of nitrogens with one attached hydrogen (secondary N) is 1. The first-order valence-corrected chi connectivity index (χ1v) is 7.38. The lowest BCUT2D eigenvalue weighted by molar-refractivity contribution is 0.427. The molecule has 0 bridgehead atoms. The Hall–Kier alpha value is -0.980. The average molecular weight is 274 g/mol. The van der Waals surface area contributed by atoms with Crippen molar-refractivity contribution in [3.63, 3.8) is 0 Å². The number of rotatable bonds is 6. The molecule has 0 fully saturated rings. The van der Waals surface area contributed by atoms with Gasteiger partial charge in [-0.3, -0.25) is 0 Å². The predicted molar refractivity (Wildman–Crippen MR) is 69.8 cm³/mol. The first kappa shape index (κ1) is 15.1. The van der Waals surface area contributed by atoms with E-state index in [2.05, 4.69) is 4.72 Å². The highest BCUT2D eigenvalue weighted by atomic mass is 32.2. The molecule has 4 nitrogen and oxygen atoms in total. The van der Waals surface area contributed by atoms with Crippen LogP contribution in [-0.4, -0.2) is 25.8 Å². The van der Waals surface area contributed by atoms with Crippen LogP contribution in [-0.2, 0) is 10.2 Å². The van der Waals surface area contributed by atoms with Gasteiger partial charge in [-0.05, 0) is 13.0 Å². The smallest absolute Gasteiger partial charge is 0.207 e. The van der Waals surface area contributed by atoms with Gasteiger partial charge in [0.1, 0.15) is 5.82 Å². The van der Waals surface area contributed by atoms with E-state index in [9.17, 15) is 12.8 Å². The fourth-order valence-electron chi connectivity index (χ4n) is 1.75. The van der Waals surface area contributed by atoms with Crippen molar-refractivity contribution in [2.24, 2.45) is 0 Å². The summed E-state index contributed by atoms with van der Waals surface area (Å²) >= 11 is 0. The summed E-state index contributed by atoms with van der Waals surface area (Å²) in [5, 5.41) is 0. The largest absolute Gasteiger partial charge is 0.279 e. The third-order valence-corrected chi connectivity index (χ3v) is 4.59. The van der Waals surface area contributed by atoms with E-state index >= 15 is 0 Å². The molecule has 1 atom stereocenters. The molecule has 18 heavy (non-hydrogen) atoms. The van der Waals surface area contributed by atoms with Gasteiger partial charge in [0.15, 0.2) is 0 Å². The number of hydrogen-bond donors (Lipinski definition) is 1. The van der Waals surface area contributed by atoms with Gasteiger partial charge in [-0.15, -0.1) is 0 Å². The summed E-state index contributed by atoms with van der Waals surface area (Å²) in [6.07, 6.45) is 0. The Morgan fingerprint density at radius 1 is 1.28 bits per heavy atom. The second kappa shape index (κ2) is 6.26. The van der Waals surface area contributed by atoms with Gasteiger partial charge in [0.25, 0.3) is 10.2 Å². The second-order valence-corrected chi connectivity index (χ2v) is 5.65. The Kier molecular flexibility index (Phi) is 5.25. The first-order valence-electron chi connectivity index (χ1n) is 5.94. The summed E-state index contributed by atoms with van der Waals surface area (Å²) in [6, 6.07) is 5.55. The summed E-state index contributed by atoms with van der Waals surface area (Å²) in [5.41, 5.74) is 0.341. The van der Waals surface area contributed by atoms with Crippen LogP contribution in [0.25, 0.3) is 0 Å². The van der Waals surface area contributed by atoms with Crippen LogP contribution in [0.1, 0.15) is 32.4 Å². The van der Waals surface area contributed by atoms with Crippen LogP contribution in [0, 0.1) is 5.82 Å². The SMILES string of the molecule is CCN(CC)S(=O)(=O)N[C@H](C)c1ccccc1F. The third kappa shape index (κ3) is 3.51. The number of hydrogen-bond acceptors (Lipinski definition) is 2. The van der Waals surface area contributed by atoms with Crippen molar-refractivity contribution in [1.82, 2.24) is 9.03 Å². The van der Waals surface area contributed by atoms with E-state index in [1.807, 2.05) is 0 Å². The van der Waals surface area contributed by atoms with Crippen LogP contribution in [0.3, 0.4) is 0 Å². The van der Waals surface area contributed by atoms with Gasteiger partial charge < -0.3 is 0 Å².